The number of piperidine rings is 1. The van der Waals surface area contributed by atoms with E-state index in [1.807, 2.05) is 47.4 Å². The van der Waals surface area contributed by atoms with E-state index in [2.05, 4.69) is 35.6 Å². The van der Waals surface area contributed by atoms with Crippen LogP contribution in [0.2, 0.25) is 0 Å². The minimum Gasteiger partial charge on any atom is -0.355 e. The lowest BCUT2D eigenvalue weighted by Crippen LogP contribution is -2.46. The Morgan fingerprint density at radius 1 is 0.933 bits per heavy atom. The molecule has 3 aromatic carbocycles. The molecule has 1 N–H and O–H groups in total. The molecule has 4 nitrogen and oxygen atoms in total. The van der Waals surface area contributed by atoms with E-state index in [-0.39, 0.29) is 17.7 Å². The maximum absolute atomic E-state index is 13.0. The van der Waals surface area contributed by atoms with Crippen LogP contribution in [0.4, 0.5) is 0 Å². The maximum atomic E-state index is 13.0. The summed E-state index contributed by atoms with van der Waals surface area (Å²) >= 11 is 0. The highest BCUT2D eigenvalue weighted by Crippen LogP contribution is 2.22. The van der Waals surface area contributed by atoms with Gasteiger partial charge in [-0.2, -0.15) is 0 Å². The molecule has 0 bridgehead atoms. The standard InChI is InChI=1S/C26H28N2O2/c29-25(18-22-12-6-11-21-10-4-5-14-24(21)22)28-17-7-13-23(19-28)26(30)27-16-15-20-8-2-1-3-9-20/h1-6,8-12,14,23H,7,13,15-19H2,(H,27,30). The molecule has 0 radical (unpaired) electrons. The molecule has 1 fully saturated rings. The Hall–Kier alpha value is -3.14. The summed E-state index contributed by atoms with van der Waals surface area (Å²) in [5.74, 6) is 0.0488. The minimum atomic E-state index is -0.119. The third-order valence-electron chi connectivity index (χ3n) is 5.92. The van der Waals surface area contributed by atoms with Gasteiger partial charge in [-0.1, -0.05) is 72.8 Å². The number of rotatable bonds is 6. The van der Waals surface area contributed by atoms with Crippen LogP contribution < -0.4 is 5.32 Å². The van der Waals surface area contributed by atoms with Crippen LogP contribution in [0.15, 0.2) is 72.8 Å². The van der Waals surface area contributed by atoms with E-state index in [4.69, 9.17) is 0 Å². The summed E-state index contributed by atoms with van der Waals surface area (Å²) in [5.41, 5.74) is 2.26. The van der Waals surface area contributed by atoms with Crippen molar-refractivity contribution in [2.24, 2.45) is 5.92 Å². The summed E-state index contributed by atoms with van der Waals surface area (Å²) in [6.45, 7) is 1.88. The number of hydrogen-bond acceptors (Lipinski definition) is 2. The van der Waals surface area contributed by atoms with E-state index in [9.17, 15) is 9.59 Å². The molecule has 1 saturated heterocycles. The Morgan fingerprint density at radius 3 is 2.57 bits per heavy atom. The van der Waals surface area contributed by atoms with E-state index in [0.29, 0.717) is 19.5 Å². The fourth-order valence-electron chi connectivity index (χ4n) is 4.26. The predicted molar refractivity (Wildman–Crippen MR) is 120 cm³/mol. The van der Waals surface area contributed by atoms with Gasteiger partial charge in [0.05, 0.1) is 12.3 Å². The van der Waals surface area contributed by atoms with Gasteiger partial charge in [-0.25, -0.2) is 0 Å². The van der Waals surface area contributed by atoms with E-state index in [1.165, 1.54) is 5.56 Å². The summed E-state index contributed by atoms with van der Waals surface area (Å²) < 4.78 is 0. The molecule has 1 aliphatic rings. The Balaban J connectivity index is 1.32. The zero-order chi connectivity index (χ0) is 20.8. The van der Waals surface area contributed by atoms with Crippen molar-refractivity contribution in [2.45, 2.75) is 25.7 Å². The third-order valence-corrected chi connectivity index (χ3v) is 5.92. The number of amides is 2. The first-order valence-electron chi connectivity index (χ1n) is 10.8. The SMILES string of the molecule is O=C(NCCc1ccccc1)C1CCCN(C(=O)Cc2cccc3ccccc23)C1. The number of benzene rings is 3. The Kier molecular flexibility index (Phi) is 6.43. The Morgan fingerprint density at radius 2 is 1.70 bits per heavy atom. The molecule has 0 spiro atoms. The van der Waals surface area contributed by atoms with Crippen molar-refractivity contribution in [1.29, 1.82) is 0 Å². The summed E-state index contributed by atoms with van der Waals surface area (Å²) in [6.07, 6.45) is 2.92. The molecular formula is C26H28N2O2. The topological polar surface area (TPSA) is 49.4 Å². The molecule has 4 heteroatoms. The molecule has 1 unspecified atom stereocenters. The molecule has 30 heavy (non-hydrogen) atoms. The van der Waals surface area contributed by atoms with Gasteiger partial charge in [0.2, 0.25) is 11.8 Å². The first-order valence-corrected chi connectivity index (χ1v) is 10.8. The van der Waals surface area contributed by atoms with Crippen molar-refractivity contribution < 1.29 is 9.59 Å². The van der Waals surface area contributed by atoms with Crippen molar-refractivity contribution in [3.8, 4) is 0 Å². The number of hydrogen-bond donors (Lipinski definition) is 1. The molecule has 1 atom stereocenters. The fraction of sp³-hybridized carbons (Fsp3) is 0.308. The number of likely N-dealkylation sites (tertiary alicyclic amines) is 1. The molecule has 1 heterocycles. The number of nitrogens with one attached hydrogen (secondary N) is 1. The zero-order valence-corrected chi connectivity index (χ0v) is 17.2. The second kappa shape index (κ2) is 9.57. The predicted octanol–water partition coefficient (Wildman–Crippen LogP) is 3.98. The molecule has 4 rings (SSSR count). The Labute approximate surface area is 177 Å². The molecule has 3 aromatic rings. The van der Waals surface area contributed by atoms with Gasteiger partial charge in [0.15, 0.2) is 0 Å². The van der Waals surface area contributed by atoms with Crippen LogP contribution in [0.25, 0.3) is 10.8 Å². The lowest BCUT2D eigenvalue weighted by molar-refractivity contribution is -0.135. The molecule has 0 saturated carbocycles. The Bertz CT molecular complexity index is 1010. The summed E-state index contributed by atoms with van der Waals surface area (Å²) in [6, 6.07) is 24.4. The molecule has 154 valence electrons. The third kappa shape index (κ3) is 4.88. The lowest BCUT2D eigenvalue weighted by Gasteiger charge is -2.32. The molecule has 2 amide bonds. The minimum absolute atomic E-state index is 0.0635. The molecule has 1 aliphatic heterocycles. The van der Waals surface area contributed by atoms with Crippen LogP contribution in [-0.4, -0.2) is 36.3 Å². The van der Waals surface area contributed by atoms with Gasteiger partial charge in [0.1, 0.15) is 0 Å². The maximum Gasteiger partial charge on any atom is 0.227 e. The molecule has 0 aromatic heterocycles. The second-order valence-corrected chi connectivity index (χ2v) is 8.02. The largest absolute Gasteiger partial charge is 0.355 e. The van der Waals surface area contributed by atoms with Crippen LogP contribution in [0.3, 0.4) is 0 Å². The van der Waals surface area contributed by atoms with Crippen LogP contribution in [0.1, 0.15) is 24.0 Å². The summed E-state index contributed by atoms with van der Waals surface area (Å²) in [5, 5.41) is 5.33. The quantitative estimate of drug-likeness (QED) is 0.680. The number of fused-ring (bicyclic) bond motifs is 1. The monoisotopic (exact) mass is 400 g/mol. The molecular weight excluding hydrogens is 372 g/mol. The lowest BCUT2D eigenvalue weighted by atomic mass is 9.95. The summed E-state index contributed by atoms with van der Waals surface area (Å²) in [7, 11) is 0. The van der Waals surface area contributed by atoms with Gasteiger partial charge >= 0.3 is 0 Å². The highest BCUT2D eigenvalue weighted by molar-refractivity contribution is 5.90. The fourth-order valence-corrected chi connectivity index (χ4v) is 4.26. The number of nitrogens with zero attached hydrogens (tertiary/aromatic N) is 1. The van der Waals surface area contributed by atoms with E-state index >= 15 is 0 Å². The van der Waals surface area contributed by atoms with Crippen LogP contribution in [0, 0.1) is 5.92 Å². The normalized spacial score (nSPS) is 16.4. The van der Waals surface area contributed by atoms with Crippen molar-refractivity contribution in [3.05, 3.63) is 83.9 Å². The van der Waals surface area contributed by atoms with E-state index in [0.717, 1.165) is 42.1 Å². The van der Waals surface area contributed by atoms with Gasteiger partial charge in [-0.05, 0) is 41.2 Å². The highest BCUT2D eigenvalue weighted by atomic mass is 16.2. The van der Waals surface area contributed by atoms with Crippen molar-refractivity contribution in [3.63, 3.8) is 0 Å². The highest BCUT2D eigenvalue weighted by Gasteiger charge is 2.28. The van der Waals surface area contributed by atoms with Gasteiger partial charge in [-0.15, -0.1) is 0 Å². The van der Waals surface area contributed by atoms with E-state index < -0.39 is 0 Å². The first kappa shape index (κ1) is 20.1. The molecule has 0 aliphatic carbocycles. The zero-order valence-electron chi connectivity index (χ0n) is 17.2. The number of carbonyl (C=O) groups is 2. The number of carbonyl (C=O) groups excluding carboxylic acids is 2. The first-order chi connectivity index (χ1) is 14.7. The average molecular weight is 401 g/mol. The van der Waals surface area contributed by atoms with Crippen LogP contribution in [-0.2, 0) is 22.4 Å². The van der Waals surface area contributed by atoms with Gasteiger partial charge < -0.3 is 10.2 Å². The second-order valence-electron chi connectivity index (χ2n) is 8.02. The van der Waals surface area contributed by atoms with Crippen molar-refractivity contribution in [1.82, 2.24) is 10.2 Å². The smallest absolute Gasteiger partial charge is 0.227 e. The van der Waals surface area contributed by atoms with Gasteiger partial charge in [0.25, 0.3) is 0 Å². The van der Waals surface area contributed by atoms with Crippen LogP contribution in [0.5, 0.6) is 0 Å². The van der Waals surface area contributed by atoms with Gasteiger partial charge in [-0.3, -0.25) is 9.59 Å². The average Bonchev–Trinajstić information content (AvgIpc) is 2.80. The van der Waals surface area contributed by atoms with E-state index in [1.54, 1.807) is 0 Å². The van der Waals surface area contributed by atoms with Gasteiger partial charge in [0, 0.05) is 19.6 Å². The van der Waals surface area contributed by atoms with Crippen molar-refractivity contribution in [2.75, 3.05) is 19.6 Å². The summed E-state index contributed by atoms with van der Waals surface area (Å²) in [4.78, 5) is 27.5. The van der Waals surface area contributed by atoms with Crippen LogP contribution >= 0.6 is 0 Å². The van der Waals surface area contributed by atoms with Crippen molar-refractivity contribution >= 4 is 22.6 Å².